The molecule has 0 saturated carbocycles. The van der Waals surface area contributed by atoms with Crippen molar-refractivity contribution in [3.8, 4) is 0 Å². The number of carbonyl (C=O) groups is 1. The molecule has 1 unspecified atom stereocenters. The maximum atomic E-state index is 11.6. The average molecular weight is 200 g/mol. The Kier molecular flexibility index (Phi) is 1.90. The van der Waals surface area contributed by atoms with E-state index < -0.39 is 0 Å². The van der Waals surface area contributed by atoms with E-state index in [0.717, 1.165) is 5.01 Å². The van der Waals surface area contributed by atoms with Crippen LogP contribution in [0.2, 0.25) is 0 Å². The molecule has 13 heavy (non-hydrogen) atoms. The van der Waals surface area contributed by atoms with Crippen LogP contribution in [0.3, 0.4) is 0 Å². The largest absolute Gasteiger partial charge is 0.365 e. The van der Waals surface area contributed by atoms with E-state index in [-0.39, 0.29) is 5.91 Å². The molecule has 1 aliphatic heterocycles. The highest BCUT2D eigenvalue weighted by Crippen LogP contribution is 2.16. The summed E-state index contributed by atoms with van der Waals surface area (Å²) in [5.41, 5.74) is 0.366. The van der Waals surface area contributed by atoms with E-state index >= 15 is 0 Å². The van der Waals surface area contributed by atoms with Gasteiger partial charge in [-0.05, 0) is 9.39 Å². The first-order valence-corrected chi connectivity index (χ1v) is 4.23. The van der Waals surface area contributed by atoms with Gasteiger partial charge in [-0.15, -0.1) is 5.10 Å². The smallest absolute Gasteiger partial charge is 0.290 e. The van der Waals surface area contributed by atoms with Crippen LogP contribution in [0.4, 0.5) is 5.82 Å². The quantitative estimate of drug-likeness (QED) is 0.307. The van der Waals surface area contributed by atoms with Gasteiger partial charge in [0.1, 0.15) is 0 Å². The molecule has 0 fully saturated rings. The number of hydrogen-bond acceptors (Lipinski definition) is 5. The van der Waals surface area contributed by atoms with Crippen molar-refractivity contribution in [2.24, 2.45) is 5.84 Å². The topological polar surface area (TPSA) is 89.1 Å². The molecule has 3 N–H and O–H groups in total. The summed E-state index contributed by atoms with van der Waals surface area (Å²) in [6, 6.07) is 0. The Balaban J connectivity index is 2.49. The zero-order valence-corrected chi connectivity index (χ0v) is 7.92. The van der Waals surface area contributed by atoms with Crippen molar-refractivity contribution in [2.75, 3.05) is 18.4 Å². The average Bonchev–Trinajstić information content (AvgIpc) is 2.39. The maximum absolute atomic E-state index is 11.6. The number of nitrogens with zero attached hydrogens (tertiary/aromatic N) is 4. The lowest BCUT2D eigenvalue weighted by atomic mass is 10.4. The molecule has 1 amide bonds. The highest BCUT2D eigenvalue weighted by molar-refractivity contribution is 7.14. The second kappa shape index (κ2) is 2.93. The summed E-state index contributed by atoms with van der Waals surface area (Å²) >= 11 is 0. The number of hydrogen-bond donors (Lipinski definition) is 2. The molecule has 1 atom stereocenters. The van der Waals surface area contributed by atoms with Gasteiger partial charge in [-0.25, -0.2) is 10.3 Å². The van der Waals surface area contributed by atoms with Crippen LogP contribution in [-0.2, 0) is 0 Å². The normalized spacial score (nSPS) is 16.5. The fourth-order valence-corrected chi connectivity index (χ4v) is 1.43. The SMILES string of the molecule is NN1CCNc2nnn(P)c2C1=O. The number of carbonyl (C=O) groups excluding carboxylic acids is 1. The van der Waals surface area contributed by atoms with Crippen LogP contribution in [0.25, 0.3) is 0 Å². The Hall–Kier alpha value is -1.20. The lowest BCUT2D eigenvalue weighted by Crippen LogP contribution is -2.39. The monoisotopic (exact) mass is 200 g/mol. The number of nitrogens with two attached hydrogens (primary N) is 1. The fraction of sp³-hybridized carbons (Fsp3) is 0.400. The van der Waals surface area contributed by atoms with Crippen molar-refractivity contribution >= 4 is 21.1 Å². The second-order valence-electron chi connectivity index (χ2n) is 2.66. The summed E-state index contributed by atoms with van der Waals surface area (Å²) in [7, 11) is 2.28. The molecule has 1 aromatic rings. The molecule has 7 nitrogen and oxygen atoms in total. The van der Waals surface area contributed by atoms with Crippen LogP contribution in [0.15, 0.2) is 0 Å². The molecule has 1 aromatic heterocycles. The van der Waals surface area contributed by atoms with E-state index in [0.29, 0.717) is 24.6 Å². The van der Waals surface area contributed by atoms with E-state index in [1.165, 1.54) is 4.45 Å². The summed E-state index contributed by atoms with van der Waals surface area (Å²) in [5.74, 6) is 5.69. The van der Waals surface area contributed by atoms with Crippen LogP contribution in [-0.4, -0.2) is 38.8 Å². The van der Waals surface area contributed by atoms with Crippen molar-refractivity contribution in [1.29, 1.82) is 0 Å². The van der Waals surface area contributed by atoms with Gasteiger partial charge in [0.15, 0.2) is 11.5 Å². The van der Waals surface area contributed by atoms with Crippen LogP contribution in [0, 0.1) is 0 Å². The first-order chi connectivity index (χ1) is 6.20. The molecule has 0 aromatic carbocycles. The zero-order valence-electron chi connectivity index (χ0n) is 6.77. The predicted molar refractivity (Wildman–Crippen MR) is 48.8 cm³/mol. The third-order valence-electron chi connectivity index (χ3n) is 1.80. The molecule has 0 saturated heterocycles. The molecule has 0 spiro atoms. The molecular weight excluding hydrogens is 191 g/mol. The first kappa shape index (κ1) is 8.40. The minimum Gasteiger partial charge on any atom is -0.365 e. The minimum absolute atomic E-state index is 0.278. The molecule has 0 bridgehead atoms. The Morgan fingerprint density at radius 3 is 3.15 bits per heavy atom. The van der Waals surface area contributed by atoms with Crippen LogP contribution in [0.1, 0.15) is 10.5 Å². The van der Waals surface area contributed by atoms with Gasteiger partial charge in [0.25, 0.3) is 5.91 Å². The number of nitrogens with one attached hydrogen (secondary N) is 1. The second-order valence-corrected chi connectivity index (χ2v) is 3.15. The maximum Gasteiger partial charge on any atom is 0.290 e. The third-order valence-corrected chi connectivity index (χ3v) is 2.16. The molecule has 1 aliphatic rings. The van der Waals surface area contributed by atoms with Crippen molar-refractivity contribution in [1.82, 2.24) is 19.8 Å². The van der Waals surface area contributed by atoms with Gasteiger partial charge in [0.05, 0.1) is 6.54 Å². The summed E-state index contributed by atoms with van der Waals surface area (Å²) in [4.78, 5) is 11.6. The van der Waals surface area contributed by atoms with Crippen molar-refractivity contribution in [3.63, 3.8) is 0 Å². The van der Waals surface area contributed by atoms with Gasteiger partial charge in [-0.3, -0.25) is 9.80 Å². The molecule has 2 rings (SSSR count). The number of anilines is 1. The Labute approximate surface area is 76.5 Å². The minimum atomic E-state index is -0.278. The van der Waals surface area contributed by atoms with Crippen LogP contribution >= 0.6 is 9.39 Å². The van der Waals surface area contributed by atoms with E-state index in [4.69, 9.17) is 5.84 Å². The lowest BCUT2D eigenvalue weighted by Gasteiger charge is -2.11. The molecular formula is C5H9N6OP. The van der Waals surface area contributed by atoms with Gasteiger partial charge in [0, 0.05) is 6.54 Å². The van der Waals surface area contributed by atoms with Crippen LogP contribution in [0.5, 0.6) is 0 Å². The summed E-state index contributed by atoms with van der Waals surface area (Å²) in [6.07, 6.45) is 0. The van der Waals surface area contributed by atoms with Gasteiger partial charge in [-0.1, -0.05) is 5.21 Å². The summed E-state index contributed by atoms with van der Waals surface area (Å²) in [5, 5.41) is 11.6. The molecule has 8 heteroatoms. The fourth-order valence-electron chi connectivity index (χ4n) is 1.14. The number of hydrazine groups is 1. The van der Waals surface area contributed by atoms with E-state index in [2.05, 4.69) is 25.0 Å². The molecule has 0 radical (unpaired) electrons. The Morgan fingerprint density at radius 2 is 2.38 bits per heavy atom. The molecule has 0 aliphatic carbocycles. The first-order valence-electron chi connectivity index (χ1n) is 3.71. The highest BCUT2D eigenvalue weighted by atomic mass is 31.0. The molecule has 2 heterocycles. The van der Waals surface area contributed by atoms with Gasteiger partial charge in [-0.2, -0.15) is 0 Å². The van der Waals surface area contributed by atoms with E-state index in [1.54, 1.807) is 0 Å². The van der Waals surface area contributed by atoms with Crippen molar-refractivity contribution in [3.05, 3.63) is 5.69 Å². The Morgan fingerprint density at radius 1 is 1.62 bits per heavy atom. The zero-order chi connectivity index (χ0) is 9.42. The summed E-state index contributed by atoms with van der Waals surface area (Å²) < 4.78 is 1.33. The number of amides is 1. The van der Waals surface area contributed by atoms with Crippen molar-refractivity contribution < 1.29 is 4.79 Å². The van der Waals surface area contributed by atoms with Gasteiger partial charge >= 0.3 is 0 Å². The molecule has 70 valence electrons. The Bertz CT molecular complexity index is 349. The van der Waals surface area contributed by atoms with E-state index in [1.807, 2.05) is 0 Å². The predicted octanol–water partition coefficient (Wildman–Crippen LogP) is -1.34. The van der Waals surface area contributed by atoms with Gasteiger partial charge < -0.3 is 5.32 Å². The lowest BCUT2D eigenvalue weighted by molar-refractivity contribution is 0.0760. The number of fused-ring (bicyclic) bond motifs is 1. The van der Waals surface area contributed by atoms with Crippen LogP contribution < -0.4 is 11.2 Å². The van der Waals surface area contributed by atoms with Crippen molar-refractivity contribution in [2.45, 2.75) is 0 Å². The number of rotatable bonds is 0. The van der Waals surface area contributed by atoms with E-state index in [9.17, 15) is 4.79 Å². The summed E-state index contributed by atoms with van der Waals surface area (Å²) in [6.45, 7) is 1.04. The standard InChI is InChI=1S/C5H9N6OP/c6-10-2-1-7-4-3(5(10)12)11(13)9-8-4/h7H,1-2,6,13H2. The van der Waals surface area contributed by atoms with Gasteiger partial charge in [0.2, 0.25) is 0 Å². The highest BCUT2D eigenvalue weighted by Gasteiger charge is 2.25. The number of aromatic nitrogens is 3. The third kappa shape index (κ3) is 1.26.